The molecule has 1 heterocycles. The van der Waals surface area contributed by atoms with Crippen LogP contribution in [-0.2, 0) is 27.2 Å². The van der Waals surface area contributed by atoms with E-state index < -0.39 is 18.0 Å². The average molecular weight is 390 g/mol. The molecule has 1 aromatic rings. The summed E-state index contributed by atoms with van der Waals surface area (Å²) in [6.07, 6.45) is 3.31. The van der Waals surface area contributed by atoms with Gasteiger partial charge in [0.25, 0.3) is 11.1 Å². The number of rotatable bonds is 6. The van der Waals surface area contributed by atoms with Gasteiger partial charge in [0, 0.05) is 13.1 Å². The molecule has 1 saturated heterocycles. The van der Waals surface area contributed by atoms with E-state index in [1.807, 2.05) is 12.1 Å². The Bertz CT molecular complexity index is 763. The minimum atomic E-state index is -0.965. The molecule has 8 heteroatoms. The number of hydrogen-bond donors (Lipinski definition) is 1. The van der Waals surface area contributed by atoms with Crippen LogP contribution in [0.15, 0.2) is 18.2 Å². The first-order chi connectivity index (χ1) is 13.0. The maximum Gasteiger partial charge on any atom is 0.338 e. The zero-order valence-electron chi connectivity index (χ0n) is 15.2. The largest absolute Gasteiger partial charge is 0.449 e. The standard InChI is InChI=1S/C19H22N2O5S/c1-12(17(23)20-8-9-21-16(22)11-27-19(21)25)26-18(24)15-7-6-13-4-2-3-5-14(13)10-15/h6-7,10,12H,2-5,8-9,11H2,1H3,(H,20,23)/t12-/m0/s1. The Kier molecular flexibility index (Phi) is 6.15. The van der Waals surface area contributed by atoms with Crippen molar-refractivity contribution >= 4 is 34.8 Å². The Hall–Kier alpha value is -2.35. The number of fused-ring (bicyclic) bond motifs is 1. The fourth-order valence-electron chi connectivity index (χ4n) is 3.17. The number of nitrogens with zero attached hydrogens (tertiary/aromatic N) is 1. The maximum atomic E-state index is 12.3. The summed E-state index contributed by atoms with van der Waals surface area (Å²) in [6.45, 7) is 1.73. The topological polar surface area (TPSA) is 92.8 Å². The Balaban J connectivity index is 1.48. The Morgan fingerprint density at radius 3 is 2.67 bits per heavy atom. The van der Waals surface area contributed by atoms with Crippen molar-refractivity contribution in [3.8, 4) is 0 Å². The average Bonchev–Trinajstić information content (AvgIpc) is 2.99. The number of imide groups is 1. The number of carbonyl (C=O) groups is 4. The third kappa shape index (κ3) is 4.68. The molecule has 3 rings (SSSR count). The molecule has 2 aliphatic rings. The number of benzene rings is 1. The molecule has 1 aliphatic heterocycles. The molecule has 0 saturated carbocycles. The van der Waals surface area contributed by atoms with Gasteiger partial charge < -0.3 is 10.1 Å². The zero-order chi connectivity index (χ0) is 19.4. The molecule has 3 amide bonds. The van der Waals surface area contributed by atoms with E-state index in [9.17, 15) is 19.2 Å². The van der Waals surface area contributed by atoms with Gasteiger partial charge in [0.05, 0.1) is 11.3 Å². The van der Waals surface area contributed by atoms with Gasteiger partial charge in [-0.25, -0.2) is 4.79 Å². The van der Waals surface area contributed by atoms with Crippen LogP contribution in [0.1, 0.15) is 41.3 Å². The second-order valence-corrected chi connectivity index (χ2v) is 7.56. The van der Waals surface area contributed by atoms with Gasteiger partial charge in [-0.05, 0) is 55.9 Å². The van der Waals surface area contributed by atoms with Gasteiger partial charge in [0.2, 0.25) is 5.91 Å². The van der Waals surface area contributed by atoms with Crippen LogP contribution >= 0.6 is 11.8 Å². The summed E-state index contributed by atoms with van der Waals surface area (Å²) in [4.78, 5) is 48.5. The lowest BCUT2D eigenvalue weighted by Gasteiger charge is -2.18. The third-order valence-electron chi connectivity index (χ3n) is 4.71. The number of amides is 3. The van der Waals surface area contributed by atoms with Crippen LogP contribution in [0.5, 0.6) is 0 Å². The van der Waals surface area contributed by atoms with Gasteiger partial charge in [0.15, 0.2) is 6.10 Å². The van der Waals surface area contributed by atoms with Gasteiger partial charge in [-0.1, -0.05) is 17.8 Å². The van der Waals surface area contributed by atoms with Crippen molar-refractivity contribution in [2.75, 3.05) is 18.8 Å². The van der Waals surface area contributed by atoms with Crippen LogP contribution in [0.3, 0.4) is 0 Å². The molecule has 0 spiro atoms. The van der Waals surface area contributed by atoms with E-state index >= 15 is 0 Å². The molecule has 1 N–H and O–H groups in total. The highest BCUT2D eigenvalue weighted by atomic mass is 32.2. The van der Waals surface area contributed by atoms with Crippen LogP contribution in [-0.4, -0.2) is 52.9 Å². The number of thioether (sulfide) groups is 1. The molecule has 27 heavy (non-hydrogen) atoms. The number of hydrogen-bond acceptors (Lipinski definition) is 6. The summed E-state index contributed by atoms with van der Waals surface area (Å²) in [5.74, 6) is -1.12. The molecular formula is C19H22N2O5S. The van der Waals surface area contributed by atoms with Gasteiger partial charge in [-0.2, -0.15) is 0 Å². The highest BCUT2D eigenvalue weighted by Crippen LogP contribution is 2.22. The molecule has 0 bridgehead atoms. The van der Waals surface area contributed by atoms with Crippen LogP contribution in [0.2, 0.25) is 0 Å². The Morgan fingerprint density at radius 1 is 1.22 bits per heavy atom. The minimum Gasteiger partial charge on any atom is -0.449 e. The molecule has 1 aromatic carbocycles. The van der Waals surface area contributed by atoms with Crippen molar-refractivity contribution in [3.05, 3.63) is 34.9 Å². The fraction of sp³-hybridized carbons (Fsp3) is 0.474. The predicted molar refractivity (Wildman–Crippen MR) is 101 cm³/mol. The summed E-state index contributed by atoms with van der Waals surface area (Å²) in [5, 5.41) is 2.28. The van der Waals surface area contributed by atoms with Crippen molar-refractivity contribution in [1.29, 1.82) is 0 Å². The van der Waals surface area contributed by atoms with E-state index in [1.165, 1.54) is 24.5 Å². The van der Waals surface area contributed by atoms with Crippen LogP contribution < -0.4 is 5.32 Å². The normalized spacial score (nSPS) is 17.4. The number of carbonyl (C=O) groups excluding carboxylic acids is 4. The molecule has 0 aromatic heterocycles. The van der Waals surface area contributed by atoms with Gasteiger partial charge in [0.1, 0.15) is 0 Å². The predicted octanol–water partition coefficient (Wildman–Crippen LogP) is 1.92. The minimum absolute atomic E-state index is 0.113. The van der Waals surface area contributed by atoms with Crippen molar-refractivity contribution in [3.63, 3.8) is 0 Å². The van der Waals surface area contributed by atoms with Gasteiger partial charge >= 0.3 is 5.97 Å². The van der Waals surface area contributed by atoms with E-state index in [-0.39, 0.29) is 30.0 Å². The number of ether oxygens (including phenoxy) is 1. The molecule has 0 radical (unpaired) electrons. The molecule has 7 nitrogen and oxygen atoms in total. The lowest BCUT2D eigenvalue weighted by atomic mass is 9.90. The van der Waals surface area contributed by atoms with Crippen molar-refractivity contribution in [1.82, 2.24) is 10.2 Å². The first-order valence-corrected chi connectivity index (χ1v) is 10.0. The number of nitrogens with one attached hydrogen (secondary N) is 1. The quantitative estimate of drug-likeness (QED) is 0.746. The van der Waals surface area contributed by atoms with Crippen molar-refractivity contribution in [2.45, 2.75) is 38.7 Å². The van der Waals surface area contributed by atoms with E-state index in [1.54, 1.807) is 6.07 Å². The SMILES string of the molecule is C[C@H](OC(=O)c1ccc2c(c1)CCCC2)C(=O)NCCN1C(=O)CSC1=O. The molecular weight excluding hydrogens is 368 g/mol. The summed E-state index contributed by atoms with van der Waals surface area (Å²) < 4.78 is 5.25. The number of aryl methyl sites for hydroxylation is 2. The summed E-state index contributed by atoms with van der Waals surface area (Å²) in [5.41, 5.74) is 2.89. The Morgan fingerprint density at radius 2 is 1.96 bits per heavy atom. The van der Waals surface area contributed by atoms with Crippen LogP contribution in [0.25, 0.3) is 0 Å². The van der Waals surface area contributed by atoms with Crippen molar-refractivity contribution < 1.29 is 23.9 Å². The third-order valence-corrected chi connectivity index (χ3v) is 5.57. The monoisotopic (exact) mass is 390 g/mol. The first kappa shape index (κ1) is 19.4. The lowest BCUT2D eigenvalue weighted by Crippen LogP contribution is -2.41. The van der Waals surface area contributed by atoms with Crippen LogP contribution in [0.4, 0.5) is 4.79 Å². The van der Waals surface area contributed by atoms with Crippen molar-refractivity contribution in [2.24, 2.45) is 0 Å². The second kappa shape index (κ2) is 8.56. The van der Waals surface area contributed by atoms with E-state index in [0.717, 1.165) is 35.9 Å². The highest BCUT2D eigenvalue weighted by Gasteiger charge is 2.29. The van der Waals surface area contributed by atoms with Gasteiger partial charge in [-0.3, -0.25) is 19.3 Å². The van der Waals surface area contributed by atoms with Crippen LogP contribution in [0, 0.1) is 0 Å². The maximum absolute atomic E-state index is 12.3. The molecule has 1 aliphatic carbocycles. The first-order valence-electron chi connectivity index (χ1n) is 9.03. The summed E-state index contributed by atoms with van der Waals surface area (Å²) in [6, 6.07) is 5.54. The fourth-order valence-corrected chi connectivity index (χ4v) is 3.93. The Labute approximate surface area is 161 Å². The smallest absolute Gasteiger partial charge is 0.338 e. The molecule has 0 unspecified atom stereocenters. The van der Waals surface area contributed by atoms with E-state index in [4.69, 9.17) is 4.74 Å². The second-order valence-electron chi connectivity index (χ2n) is 6.63. The van der Waals surface area contributed by atoms with E-state index in [2.05, 4.69) is 5.32 Å². The summed E-state index contributed by atoms with van der Waals surface area (Å²) in [7, 11) is 0. The molecule has 1 fully saturated rings. The van der Waals surface area contributed by atoms with E-state index in [0.29, 0.717) is 5.56 Å². The number of esters is 1. The molecule has 1 atom stereocenters. The molecule has 144 valence electrons. The van der Waals surface area contributed by atoms with Gasteiger partial charge in [-0.15, -0.1) is 0 Å². The zero-order valence-corrected chi connectivity index (χ0v) is 16.0. The summed E-state index contributed by atoms with van der Waals surface area (Å²) >= 11 is 0.950. The lowest BCUT2D eigenvalue weighted by molar-refractivity contribution is -0.130. The highest BCUT2D eigenvalue weighted by molar-refractivity contribution is 8.14.